The summed E-state index contributed by atoms with van der Waals surface area (Å²) in [5, 5.41) is 0. The molecular formula is C25H18N2O2S. The molecule has 0 amide bonds. The van der Waals surface area contributed by atoms with Gasteiger partial charge in [-0.15, -0.1) is 0 Å². The van der Waals surface area contributed by atoms with Crippen molar-refractivity contribution in [2.75, 3.05) is 4.72 Å². The van der Waals surface area contributed by atoms with Gasteiger partial charge in [0.1, 0.15) is 0 Å². The molecule has 0 bridgehead atoms. The molecule has 4 rings (SSSR count). The van der Waals surface area contributed by atoms with Crippen LogP contribution in [0.25, 0.3) is 11.1 Å². The number of nitrogens with one attached hydrogen (secondary N) is 1. The first kappa shape index (κ1) is 19.4. The molecule has 0 aliphatic rings. The molecule has 0 aliphatic heterocycles. The second kappa shape index (κ2) is 8.64. The number of nitrogens with zero attached hydrogens (tertiary/aromatic N) is 1. The Labute approximate surface area is 176 Å². The van der Waals surface area contributed by atoms with E-state index in [0.29, 0.717) is 11.3 Å². The van der Waals surface area contributed by atoms with Crippen LogP contribution in [0.5, 0.6) is 0 Å². The van der Waals surface area contributed by atoms with Gasteiger partial charge in [-0.05, 0) is 47.5 Å². The van der Waals surface area contributed by atoms with Crippen LogP contribution in [0.15, 0.2) is 108 Å². The molecule has 4 nitrogen and oxygen atoms in total. The van der Waals surface area contributed by atoms with Crippen molar-refractivity contribution in [3.63, 3.8) is 0 Å². The first-order valence-corrected chi connectivity index (χ1v) is 10.8. The second-order valence-electron chi connectivity index (χ2n) is 6.54. The molecule has 0 aliphatic carbocycles. The van der Waals surface area contributed by atoms with Gasteiger partial charge in [0.15, 0.2) is 0 Å². The lowest BCUT2D eigenvalue weighted by Crippen LogP contribution is -2.13. The van der Waals surface area contributed by atoms with Gasteiger partial charge in [-0.1, -0.05) is 66.4 Å². The zero-order valence-electron chi connectivity index (χ0n) is 16.0. The maximum Gasteiger partial charge on any atom is 0.261 e. The number of pyridine rings is 1. The van der Waals surface area contributed by atoms with Gasteiger partial charge >= 0.3 is 0 Å². The van der Waals surface area contributed by atoms with E-state index in [2.05, 4.69) is 21.5 Å². The summed E-state index contributed by atoms with van der Waals surface area (Å²) in [6, 6.07) is 27.3. The van der Waals surface area contributed by atoms with Gasteiger partial charge in [0, 0.05) is 23.5 Å². The summed E-state index contributed by atoms with van der Waals surface area (Å²) >= 11 is 0. The predicted molar refractivity (Wildman–Crippen MR) is 119 cm³/mol. The predicted octanol–water partition coefficient (Wildman–Crippen LogP) is 4.95. The summed E-state index contributed by atoms with van der Waals surface area (Å²) in [5.41, 5.74) is 3.56. The first-order chi connectivity index (χ1) is 14.6. The first-order valence-electron chi connectivity index (χ1n) is 9.31. The van der Waals surface area contributed by atoms with E-state index >= 15 is 0 Å². The standard InChI is InChI=1S/C25H18N2O2S/c28-30(29,24-13-6-12-23(18-24)21-9-2-1-3-10-21)27-25-14-5-4-11-22(25)16-15-20-8-7-17-26-19-20/h1-14,17-19,27H. The average Bonchev–Trinajstić information content (AvgIpc) is 2.80. The van der Waals surface area contributed by atoms with Gasteiger partial charge in [-0.3, -0.25) is 9.71 Å². The zero-order valence-corrected chi connectivity index (χ0v) is 16.8. The van der Waals surface area contributed by atoms with Crippen molar-refractivity contribution in [1.29, 1.82) is 0 Å². The van der Waals surface area contributed by atoms with Crippen molar-refractivity contribution in [3.8, 4) is 23.0 Å². The highest BCUT2D eigenvalue weighted by Crippen LogP contribution is 2.24. The maximum atomic E-state index is 13.0. The van der Waals surface area contributed by atoms with Crippen molar-refractivity contribution in [3.05, 3.63) is 115 Å². The Hall–Kier alpha value is -3.88. The van der Waals surface area contributed by atoms with Crippen molar-refractivity contribution >= 4 is 15.7 Å². The third-order valence-electron chi connectivity index (χ3n) is 4.43. The fraction of sp³-hybridized carbons (Fsp3) is 0. The molecule has 0 saturated heterocycles. The lowest BCUT2D eigenvalue weighted by atomic mass is 10.1. The van der Waals surface area contributed by atoms with Gasteiger partial charge in [0.2, 0.25) is 0 Å². The van der Waals surface area contributed by atoms with E-state index in [1.165, 1.54) is 0 Å². The van der Waals surface area contributed by atoms with Gasteiger partial charge in [0.25, 0.3) is 10.0 Å². The van der Waals surface area contributed by atoms with Crippen LogP contribution in [0.3, 0.4) is 0 Å². The SMILES string of the molecule is O=S(=O)(Nc1ccccc1C#Cc1cccnc1)c1cccc(-c2ccccc2)c1. The van der Waals surface area contributed by atoms with Crippen LogP contribution in [0.1, 0.15) is 11.1 Å². The molecule has 5 heteroatoms. The van der Waals surface area contributed by atoms with E-state index < -0.39 is 10.0 Å². The Morgan fingerprint density at radius 3 is 2.30 bits per heavy atom. The minimum atomic E-state index is -3.78. The molecule has 1 heterocycles. The van der Waals surface area contributed by atoms with Gasteiger partial charge in [-0.25, -0.2) is 8.42 Å². The molecule has 0 saturated carbocycles. The monoisotopic (exact) mass is 410 g/mol. The lowest BCUT2D eigenvalue weighted by molar-refractivity contribution is 0.601. The molecule has 0 radical (unpaired) electrons. The molecule has 3 aromatic carbocycles. The van der Waals surface area contributed by atoms with Crippen molar-refractivity contribution in [2.45, 2.75) is 4.90 Å². The summed E-state index contributed by atoms with van der Waals surface area (Å²) in [5.74, 6) is 6.03. The minimum absolute atomic E-state index is 0.193. The molecule has 1 N–H and O–H groups in total. The summed E-state index contributed by atoms with van der Waals surface area (Å²) in [6.45, 7) is 0. The van der Waals surface area contributed by atoms with Crippen LogP contribution in [0, 0.1) is 11.8 Å². The highest BCUT2D eigenvalue weighted by molar-refractivity contribution is 7.92. The summed E-state index contributed by atoms with van der Waals surface area (Å²) in [4.78, 5) is 4.23. The highest BCUT2D eigenvalue weighted by Gasteiger charge is 2.16. The zero-order chi connectivity index (χ0) is 20.8. The number of sulfonamides is 1. The smallest absolute Gasteiger partial charge is 0.261 e. The van der Waals surface area contributed by atoms with E-state index in [-0.39, 0.29) is 4.90 Å². The molecule has 0 spiro atoms. The Morgan fingerprint density at radius 1 is 0.733 bits per heavy atom. The largest absolute Gasteiger partial charge is 0.278 e. The number of anilines is 1. The van der Waals surface area contributed by atoms with Crippen LogP contribution in [-0.2, 0) is 10.0 Å². The summed E-state index contributed by atoms with van der Waals surface area (Å²) in [7, 11) is -3.78. The van der Waals surface area contributed by atoms with Crippen molar-refractivity contribution in [1.82, 2.24) is 4.98 Å². The van der Waals surface area contributed by atoms with Crippen LogP contribution < -0.4 is 4.72 Å². The van der Waals surface area contributed by atoms with E-state index in [1.807, 2.05) is 48.5 Å². The van der Waals surface area contributed by atoms with Crippen LogP contribution in [-0.4, -0.2) is 13.4 Å². The number of para-hydroxylation sites is 1. The molecule has 0 atom stereocenters. The molecule has 30 heavy (non-hydrogen) atoms. The Kier molecular flexibility index (Phi) is 5.60. The van der Waals surface area contributed by atoms with Crippen LogP contribution >= 0.6 is 0 Å². The van der Waals surface area contributed by atoms with E-state index in [0.717, 1.165) is 16.7 Å². The van der Waals surface area contributed by atoms with Crippen molar-refractivity contribution < 1.29 is 8.42 Å². The highest BCUT2D eigenvalue weighted by atomic mass is 32.2. The Bertz CT molecular complexity index is 1320. The fourth-order valence-corrected chi connectivity index (χ4v) is 4.06. The van der Waals surface area contributed by atoms with Crippen LogP contribution in [0.2, 0.25) is 0 Å². The molecule has 0 unspecified atom stereocenters. The van der Waals surface area contributed by atoms with E-state index in [4.69, 9.17) is 0 Å². The van der Waals surface area contributed by atoms with Gasteiger partial charge in [-0.2, -0.15) is 0 Å². The average molecular weight is 410 g/mol. The van der Waals surface area contributed by atoms with Crippen LogP contribution in [0.4, 0.5) is 5.69 Å². The summed E-state index contributed by atoms with van der Waals surface area (Å²) in [6.07, 6.45) is 3.34. The molecule has 4 aromatic rings. The Morgan fingerprint density at radius 2 is 1.50 bits per heavy atom. The molecule has 146 valence electrons. The number of hydrogen-bond donors (Lipinski definition) is 1. The number of aromatic nitrogens is 1. The number of rotatable bonds is 4. The second-order valence-corrected chi connectivity index (χ2v) is 8.22. The third-order valence-corrected chi connectivity index (χ3v) is 5.79. The third kappa shape index (κ3) is 4.57. The van der Waals surface area contributed by atoms with Gasteiger partial charge < -0.3 is 0 Å². The van der Waals surface area contributed by atoms with E-state index in [1.54, 1.807) is 54.9 Å². The normalized spacial score (nSPS) is 10.7. The quantitative estimate of drug-likeness (QED) is 0.484. The molecular weight excluding hydrogens is 392 g/mol. The molecule has 1 aromatic heterocycles. The number of hydrogen-bond acceptors (Lipinski definition) is 3. The fourth-order valence-electron chi connectivity index (χ4n) is 2.93. The summed E-state index contributed by atoms with van der Waals surface area (Å²) < 4.78 is 28.8. The minimum Gasteiger partial charge on any atom is -0.278 e. The van der Waals surface area contributed by atoms with Crippen molar-refractivity contribution in [2.24, 2.45) is 0 Å². The maximum absolute atomic E-state index is 13.0. The number of benzene rings is 3. The Balaban J connectivity index is 1.65. The lowest BCUT2D eigenvalue weighted by Gasteiger charge is -2.11. The van der Waals surface area contributed by atoms with Gasteiger partial charge in [0.05, 0.1) is 10.6 Å². The topological polar surface area (TPSA) is 59.1 Å². The molecule has 0 fully saturated rings. The van der Waals surface area contributed by atoms with E-state index in [9.17, 15) is 8.42 Å².